The summed E-state index contributed by atoms with van der Waals surface area (Å²) in [4.78, 5) is 33.6. The number of carbonyl (C=O) groups is 2. The number of aromatic nitrogens is 1. The second kappa shape index (κ2) is 9.93. The minimum Gasteiger partial charge on any atom is -0.507 e. The van der Waals surface area contributed by atoms with E-state index in [1.54, 1.807) is 24.3 Å². The fourth-order valence-corrected chi connectivity index (χ4v) is 6.31. The summed E-state index contributed by atoms with van der Waals surface area (Å²) in [5, 5.41) is 14.2. The van der Waals surface area contributed by atoms with Gasteiger partial charge >= 0.3 is 5.91 Å². The number of nitrogens with zero attached hydrogens (tertiary/aromatic N) is 2. The van der Waals surface area contributed by atoms with E-state index in [0.717, 1.165) is 20.7 Å². The van der Waals surface area contributed by atoms with E-state index in [1.165, 1.54) is 27.6 Å². The number of aliphatic hydroxyl groups excluding tert-OH is 1. The maximum absolute atomic E-state index is 13.4. The van der Waals surface area contributed by atoms with Crippen LogP contribution in [0.3, 0.4) is 0 Å². The molecule has 6 nitrogen and oxygen atoms in total. The van der Waals surface area contributed by atoms with Crippen molar-refractivity contribution < 1.29 is 19.4 Å². The van der Waals surface area contributed by atoms with Gasteiger partial charge in [0.15, 0.2) is 5.13 Å². The molecule has 2 aromatic heterocycles. The van der Waals surface area contributed by atoms with Gasteiger partial charge in [0.25, 0.3) is 5.78 Å². The molecule has 1 amide bonds. The number of benzene rings is 2. The number of carbonyl (C=O) groups excluding carboxylic acids is 2. The number of thiophene rings is 1. The predicted octanol–water partition coefficient (Wildman–Crippen LogP) is 7.29. The summed E-state index contributed by atoms with van der Waals surface area (Å²) in [6.45, 7) is 8.50. The molecule has 2 aromatic carbocycles. The summed E-state index contributed by atoms with van der Waals surface area (Å²) in [6.07, 6.45) is 0. The number of hydrogen-bond donors (Lipinski definition) is 1. The van der Waals surface area contributed by atoms with Crippen LogP contribution in [0.4, 0.5) is 5.13 Å². The number of aliphatic hydroxyl groups is 1. The minimum absolute atomic E-state index is 0.0381. The van der Waals surface area contributed by atoms with Gasteiger partial charge in [0.1, 0.15) is 17.6 Å². The highest BCUT2D eigenvalue weighted by Gasteiger charge is 2.48. The molecule has 0 bridgehead atoms. The van der Waals surface area contributed by atoms with Crippen LogP contribution in [0.2, 0.25) is 5.02 Å². The number of fused-ring (bicyclic) bond motifs is 1. The predicted molar refractivity (Wildman–Crippen MR) is 150 cm³/mol. The molecule has 1 fully saturated rings. The molecule has 3 heterocycles. The average molecular weight is 553 g/mol. The van der Waals surface area contributed by atoms with E-state index >= 15 is 0 Å². The summed E-state index contributed by atoms with van der Waals surface area (Å²) < 4.78 is 6.71. The van der Waals surface area contributed by atoms with E-state index in [-0.39, 0.29) is 11.3 Å². The Morgan fingerprint density at radius 1 is 1.16 bits per heavy atom. The Bertz CT molecular complexity index is 1520. The van der Waals surface area contributed by atoms with Gasteiger partial charge in [-0.3, -0.25) is 14.5 Å². The third-order valence-corrected chi connectivity index (χ3v) is 8.49. The molecular formula is C28H25ClN2O4S2. The number of aryl methyl sites for hydroxylation is 2. The number of amides is 1. The molecule has 1 unspecified atom stereocenters. The molecule has 5 rings (SSSR count). The quantitative estimate of drug-likeness (QED) is 0.154. The smallest absolute Gasteiger partial charge is 0.301 e. The summed E-state index contributed by atoms with van der Waals surface area (Å²) in [5.41, 5.74) is 2.86. The van der Waals surface area contributed by atoms with Crippen LogP contribution in [-0.4, -0.2) is 28.4 Å². The van der Waals surface area contributed by atoms with Gasteiger partial charge in [-0.15, -0.1) is 11.3 Å². The maximum atomic E-state index is 13.4. The van der Waals surface area contributed by atoms with E-state index in [4.69, 9.17) is 16.3 Å². The fourth-order valence-electron chi connectivity index (χ4n) is 4.26. The number of ketones is 1. The Hall–Kier alpha value is -3.20. The SMILES string of the molecule is Cc1cc2sc(N3C(=O)C(=O)/C(=C(/O)c4ccc(OCC(C)C)c(C)c4)C3c3cccs3)nc2cc1Cl. The first-order valence-corrected chi connectivity index (χ1v) is 13.9. The Morgan fingerprint density at radius 3 is 2.62 bits per heavy atom. The van der Waals surface area contributed by atoms with Gasteiger partial charge in [-0.2, -0.15) is 0 Å². The van der Waals surface area contributed by atoms with Crippen LogP contribution < -0.4 is 9.64 Å². The third-order valence-electron chi connectivity index (χ3n) is 6.14. The number of thiazole rings is 1. The normalized spacial score (nSPS) is 17.4. The molecule has 9 heteroatoms. The lowest BCUT2D eigenvalue weighted by Gasteiger charge is -2.21. The van der Waals surface area contributed by atoms with Crippen LogP contribution in [0.15, 0.2) is 53.4 Å². The Balaban J connectivity index is 1.62. The van der Waals surface area contributed by atoms with Crippen LogP contribution in [0.1, 0.15) is 41.5 Å². The number of ether oxygens (including phenoxy) is 1. The van der Waals surface area contributed by atoms with E-state index in [1.807, 2.05) is 37.4 Å². The van der Waals surface area contributed by atoms with Crippen LogP contribution in [0, 0.1) is 19.8 Å². The van der Waals surface area contributed by atoms with Crippen molar-refractivity contribution >= 4 is 67.1 Å². The first-order valence-electron chi connectivity index (χ1n) is 11.8. The van der Waals surface area contributed by atoms with E-state index in [0.29, 0.717) is 39.5 Å². The van der Waals surface area contributed by atoms with Crippen molar-refractivity contribution in [1.82, 2.24) is 4.98 Å². The molecule has 37 heavy (non-hydrogen) atoms. The maximum Gasteiger partial charge on any atom is 0.301 e. The van der Waals surface area contributed by atoms with Crippen molar-refractivity contribution in [2.75, 3.05) is 11.5 Å². The minimum atomic E-state index is -0.797. The monoisotopic (exact) mass is 552 g/mol. The molecular weight excluding hydrogens is 528 g/mol. The summed E-state index contributed by atoms with van der Waals surface area (Å²) >= 11 is 9.01. The Labute approximate surface area is 227 Å². The highest BCUT2D eigenvalue weighted by atomic mass is 35.5. The van der Waals surface area contributed by atoms with Gasteiger partial charge in [0, 0.05) is 15.5 Å². The van der Waals surface area contributed by atoms with Gasteiger partial charge in [-0.25, -0.2) is 4.98 Å². The number of anilines is 1. The zero-order valence-electron chi connectivity index (χ0n) is 20.7. The van der Waals surface area contributed by atoms with Crippen molar-refractivity contribution in [3.05, 3.63) is 80.0 Å². The highest BCUT2D eigenvalue weighted by molar-refractivity contribution is 7.22. The third kappa shape index (κ3) is 4.65. The molecule has 0 aliphatic carbocycles. The molecule has 1 atom stereocenters. The number of halogens is 1. The van der Waals surface area contributed by atoms with Crippen LogP contribution in [0.5, 0.6) is 5.75 Å². The molecule has 0 saturated carbocycles. The molecule has 0 radical (unpaired) electrons. The van der Waals surface area contributed by atoms with Crippen LogP contribution in [0.25, 0.3) is 16.0 Å². The molecule has 1 aliphatic rings. The molecule has 4 aromatic rings. The van der Waals surface area contributed by atoms with E-state index < -0.39 is 17.7 Å². The number of Topliss-reactive ketones (excluding diaryl/α,β-unsaturated/α-hetero) is 1. The standard InChI is InChI=1S/C28H25ClN2O4S2/c1-14(2)13-35-20-8-7-17(10-16(20)4)25(32)23-24(21-6-5-9-36-21)31(27(34)26(23)33)28-30-19-12-18(29)15(3)11-22(19)37-28/h5-12,14,24,32H,13H2,1-4H3/b25-23+. The van der Waals surface area contributed by atoms with Gasteiger partial charge < -0.3 is 9.84 Å². The fraction of sp³-hybridized carbons (Fsp3) is 0.250. The van der Waals surface area contributed by atoms with Crippen LogP contribution in [-0.2, 0) is 9.59 Å². The lowest BCUT2D eigenvalue weighted by atomic mass is 9.99. The zero-order valence-corrected chi connectivity index (χ0v) is 23.1. The molecule has 0 spiro atoms. The van der Waals surface area contributed by atoms with Crippen molar-refractivity contribution in [2.24, 2.45) is 5.92 Å². The molecule has 1 saturated heterocycles. The van der Waals surface area contributed by atoms with Gasteiger partial charge in [-0.05, 0) is 72.7 Å². The lowest BCUT2D eigenvalue weighted by Crippen LogP contribution is -2.28. The van der Waals surface area contributed by atoms with E-state index in [9.17, 15) is 14.7 Å². The topological polar surface area (TPSA) is 79.7 Å². The van der Waals surface area contributed by atoms with E-state index in [2.05, 4.69) is 18.8 Å². The number of hydrogen-bond acceptors (Lipinski definition) is 7. The van der Waals surface area contributed by atoms with Crippen LogP contribution >= 0.6 is 34.3 Å². The zero-order chi connectivity index (χ0) is 26.4. The Morgan fingerprint density at radius 2 is 1.95 bits per heavy atom. The largest absolute Gasteiger partial charge is 0.507 e. The van der Waals surface area contributed by atoms with Gasteiger partial charge in [-0.1, -0.05) is 42.9 Å². The molecule has 190 valence electrons. The summed E-state index contributed by atoms with van der Waals surface area (Å²) in [7, 11) is 0. The first-order chi connectivity index (χ1) is 17.7. The summed E-state index contributed by atoms with van der Waals surface area (Å²) in [5.74, 6) is -0.615. The highest BCUT2D eigenvalue weighted by Crippen LogP contribution is 2.46. The summed E-state index contributed by atoms with van der Waals surface area (Å²) in [6, 6.07) is 11.8. The van der Waals surface area contributed by atoms with Gasteiger partial charge in [0.05, 0.1) is 22.4 Å². The lowest BCUT2D eigenvalue weighted by molar-refractivity contribution is -0.132. The van der Waals surface area contributed by atoms with Crippen molar-refractivity contribution in [3.8, 4) is 5.75 Å². The second-order valence-corrected chi connectivity index (χ2v) is 11.8. The number of rotatable bonds is 6. The first kappa shape index (κ1) is 25.4. The Kier molecular flexibility index (Phi) is 6.83. The van der Waals surface area contributed by atoms with Crippen molar-refractivity contribution in [3.63, 3.8) is 0 Å². The van der Waals surface area contributed by atoms with Crippen molar-refractivity contribution in [2.45, 2.75) is 33.7 Å². The van der Waals surface area contributed by atoms with Gasteiger partial charge in [0.2, 0.25) is 0 Å². The second-order valence-electron chi connectivity index (χ2n) is 9.44. The average Bonchev–Trinajstić information content (AvgIpc) is 3.57. The molecule has 1 N–H and O–H groups in total. The van der Waals surface area contributed by atoms with Crippen molar-refractivity contribution in [1.29, 1.82) is 0 Å². The molecule has 1 aliphatic heterocycles.